The maximum absolute atomic E-state index is 11.5. The molecule has 0 spiro atoms. The number of benzene rings is 1. The van der Waals surface area contributed by atoms with Gasteiger partial charge in [0.25, 0.3) is 5.91 Å². The molecular weight excluding hydrogens is 335 g/mol. The van der Waals surface area contributed by atoms with Crippen LogP contribution in [0.3, 0.4) is 0 Å². The first-order valence-electron chi connectivity index (χ1n) is 7.26. The molecule has 1 heterocycles. The second kappa shape index (κ2) is 7.34. The van der Waals surface area contributed by atoms with Gasteiger partial charge in [0.15, 0.2) is 0 Å². The van der Waals surface area contributed by atoms with Crippen molar-refractivity contribution in [3.63, 3.8) is 0 Å². The molecule has 1 aliphatic heterocycles. The normalized spacial score (nSPS) is 17.4. The molecular formula is C16H20Cl2N4O. The standard InChI is InChI=1S/C16H20Cl2N4O/c1-16(2,10-4-5-11(17)12(18)8-10)9-20-14-7-6-13(21-22-14)15(23)19-3/h4-8,14,20,22H,9H2,1-3H3,(H,19,23). The van der Waals surface area contributed by atoms with Gasteiger partial charge >= 0.3 is 0 Å². The summed E-state index contributed by atoms with van der Waals surface area (Å²) in [6.45, 7) is 4.93. The Labute approximate surface area is 146 Å². The molecule has 5 nitrogen and oxygen atoms in total. The fourth-order valence-corrected chi connectivity index (χ4v) is 2.46. The van der Waals surface area contributed by atoms with Gasteiger partial charge in [-0.3, -0.25) is 15.5 Å². The van der Waals surface area contributed by atoms with Crippen LogP contribution in [-0.4, -0.2) is 31.4 Å². The van der Waals surface area contributed by atoms with Gasteiger partial charge in [-0.1, -0.05) is 43.1 Å². The number of rotatable bonds is 5. The summed E-state index contributed by atoms with van der Waals surface area (Å²) in [5, 5.41) is 11.0. The number of carbonyl (C=O) groups is 1. The van der Waals surface area contributed by atoms with E-state index in [1.165, 1.54) is 0 Å². The highest BCUT2D eigenvalue weighted by atomic mass is 35.5. The zero-order valence-electron chi connectivity index (χ0n) is 13.3. The number of hydrogen-bond acceptors (Lipinski definition) is 4. The topological polar surface area (TPSA) is 65.5 Å². The summed E-state index contributed by atoms with van der Waals surface area (Å²) in [4.78, 5) is 11.5. The Balaban J connectivity index is 1.95. The number of nitrogens with one attached hydrogen (secondary N) is 3. The number of amides is 1. The monoisotopic (exact) mass is 354 g/mol. The predicted octanol–water partition coefficient (Wildman–Crippen LogP) is 2.45. The first-order valence-corrected chi connectivity index (χ1v) is 8.01. The molecule has 0 saturated heterocycles. The van der Waals surface area contributed by atoms with Gasteiger partial charge in [0, 0.05) is 19.0 Å². The molecule has 0 radical (unpaired) electrons. The van der Waals surface area contributed by atoms with Crippen LogP contribution in [0.25, 0.3) is 0 Å². The van der Waals surface area contributed by atoms with Gasteiger partial charge in [-0.05, 0) is 29.8 Å². The van der Waals surface area contributed by atoms with E-state index in [2.05, 4.69) is 35.0 Å². The molecule has 1 amide bonds. The number of hydrazone groups is 1. The molecule has 0 bridgehead atoms. The maximum atomic E-state index is 11.5. The van der Waals surface area contributed by atoms with E-state index in [0.717, 1.165) is 5.56 Å². The molecule has 0 fully saturated rings. The number of nitrogens with zero attached hydrogens (tertiary/aromatic N) is 1. The summed E-state index contributed by atoms with van der Waals surface area (Å²) in [5.41, 5.74) is 4.21. The summed E-state index contributed by atoms with van der Waals surface area (Å²) in [6, 6.07) is 5.67. The van der Waals surface area contributed by atoms with Gasteiger partial charge in [-0.2, -0.15) is 5.10 Å². The predicted molar refractivity (Wildman–Crippen MR) is 95.1 cm³/mol. The van der Waals surface area contributed by atoms with Gasteiger partial charge in [-0.25, -0.2) is 0 Å². The molecule has 1 atom stereocenters. The van der Waals surface area contributed by atoms with Crippen LogP contribution in [0.5, 0.6) is 0 Å². The lowest BCUT2D eigenvalue weighted by Gasteiger charge is -2.29. The Morgan fingerprint density at radius 3 is 2.65 bits per heavy atom. The van der Waals surface area contributed by atoms with Gasteiger partial charge in [-0.15, -0.1) is 0 Å². The van der Waals surface area contributed by atoms with Gasteiger partial charge < -0.3 is 5.32 Å². The van der Waals surface area contributed by atoms with E-state index in [1.807, 2.05) is 18.2 Å². The van der Waals surface area contributed by atoms with Crippen LogP contribution in [0, 0.1) is 0 Å². The average molecular weight is 355 g/mol. The smallest absolute Gasteiger partial charge is 0.271 e. The van der Waals surface area contributed by atoms with Crippen LogP contribution in [0.1, 0.15) is 19.4 Å². The lowest BCUT2D eigenvalue weighted by atomic mass is 9.84. The van der Waals surface area contributed by atoms with Gasteiger partial charge in [0.1, 0.15) is 11.9 Å². The minimum absolute atomic E-state index is 0.134. The zero-order valence-corrected chi connectivity index (χ0v) is 14.8. The SMILES string of the molecule is CNC(=O)C1=NNC(NCC(C)(C)c2ccc(Cl)c(Cl)c2)C=C1. The van der Waals surface area contributed by atoms with Crippen molar-refractivity contribution in [2.75, 3.05) is 13.6 Å². The summed E-state index contributed by atoms with van der Waals surface area (Å²) in [6.07, 6.45) is 3.42. The first-order chi connectivity index (χ1) is 10.8. The van der Waals surface area contributed by atoms with Crippen molar-refractivity contribution in [3.05, 3.63) is 46.0 Å². The number of halogens is 2. The van der Waals surface area contributed by atoms with E-state index in [4.69, 9.17) is 23.2 Å². The van der Waals surface area contributed by atoms with Crippen molar-refractivity contribution in [2.24, 2.45) is 5.10 Å². The molecule has 23 heavy (non-hydrogen) atoms. The van der Waals surface area contributed by atoms with Crippen molar-refractivity contribution < 1.29 is 4.79 Å². The highest BCUT2D eigenvalue weighted by Gasteiger charge is 2.23. The second-order valence-electron chi connectivity index (χ2n) is 5.94. The van der Waals surface area contributed by atoms with Crippen molar-refractivity contribution in [1.29, 1.82) is 0 Å². The van der Waals surface area contributed by atoms with E-state index >= 15 is 0 Å². The Hall–Kier alpha value is -1.56. The third kappa shape index (κ3) is 4.47. The van der Waals surface area contributed by atoms with Crippen LogP contribution < -0.4 is 16.1 Å². The Kier molecular flexibility index (Phi) is 5.68. The third-order valence-electron chi connectivity index (χ3n) is 3.70. The van der Waals surface area contributed by atoms with Crippen LogP contribution in [0.2, 0.25) is 10.0 Å². The van der Waals surface area contributed by atoms with E-state index in [1.54, 1.807) is 19.2 Å². The van der Waals surface area contributed by atoms with Crippen LogP contribution in [0.4, 0.5) is 0 Å². The fourth-order valence-electron chi connectivity index (χ4n) is 2.16. The average Bonchev–Trinajstić information content (AvgIpc) is 2.55. The lowest BCUT2D eigenvalue weighted by molar-refractivity contribution is -0.114. The molecule has 1 aliphatic rings. The summed E-state index contributed by atoms with van der Waals surface area (Å²) >= 11 is 12.1. The minimum atomic E-state index is -0.219. The van der Waals surface area contributed by atoms with Crippen molar-refractivity contribution >= 4 is 34.8 Å². The van der Waals surface area contributed by atoms with Crippen molar-refractivity contribution in [1.82, 2.24) is 16.1 Å². The lowest BCUT2D eigenvalue weighted by Crippen LogP contribution is -2.46. The zero-order chi connectivity index (χ0) is 17.0. The van der Waals surface area contributed by atoms with E-state index in [0.29, 0.717) is 22.3 Å². The van der Waals surface area contributed by atoms with Gasteiger partial charge in [0.05, 0.1) is 10.0 Å². The molecule has 0 aromatic heterocycles. The summed E-state index contributed by atoms with van der Waals surface area (Å²) in [5.74, 6) is -0.219. The molecule has 1 aromatic rings. The van der Waals surface area contributed by atoms with Crippen molar-refractivity contribution in [3.8, 4) is 0 Å². The van der Waals surface area contributed by atoms with Crippen LogP contribution in [-0.2, 0) is 10.2 Å². The minimum Gasteiger partial charge on any atom is -0.354 e. The summed E-state index contributed by atoms with van der Waals surface area (Å²) < 4.78 is 0. The second-order valence-corrected chi connectivity index (χ2v) is 6.75. The Bertz CT molecular complexity index is 655. The molecule has 1 aromatic carbocycles. The van der Waals surface area contributed by atoms with E-state index in [-0.39, 0.29) is 17.5 Å². The third-order valence-corrected chi connectivity index (χ3v) is 4.43. The maximum Gasteiger partial charge on any atom is 0.271 e. The highest BCUT2D eigenvalue weighted by Crippen LogP contribution is 2.29. The largest absolute Gasteiger partial charge is 0.354 e. The summed E-state index contributed by atoms with van der Waals surface area (Å²) in [7, 11) is 1.57. The van der Waals surface area contributed by atoms with E-state index < -0.39 is 0 Å². The Morgan fingerprint density at radius 1 is 1.35 bits per heavy atom. The molecule has 3 N–H and O–H groups in total. The molecule has 124 valence electrons. The Morgan fingerprint density at radius 2 is 2.09 bits per heavy atom. The van der Waals surface area contributed by atoms with E-state index in [9.17, 15) is 4.79 Å². The molecule has 1 unspecified atom stereocenters. The van der Waals surface area contributed by atoms with Gasteiger partial charge in [0.2, 0.25) is 0 Å². The molecule has 7 heteroatoms. The first kappa shape index (κ1) is 17.8. The molecule has 0 saturated carbocycles. The quantitative estimate of drug-likeness (QED) is 0.760. The highest BCUT2D eigenvalue weighted by molar-refractivity contribution is 6.43. The fraction of sp³-hybridized carbons (Fsp3) is 0.375. The van der Waals surface area contributed by atoms with Crippen LogP contribution in [0.15, 0.2) is 35.5 Å². The number of carbonyl (C=O) groups excluding carboxylic acids is 1. The van der Waals surface area contributed by atoms with Crippen LogP contribution >= 0.6 is 23.2 Å². The molecule has 0 aliphatic carbocycles. The number of hydrogen-bond donors (Lipinski definition) is 3. The van der Waals surface area contributed by atoms with Crippen molar-refractivity contribution in [2.45, 2.75) is 25.4 Å². The molecule has 2 rings (SSSR count).